The highest BCUT2D eigenvalue weighted by atomic mass is 15.2. The van der Waals surface area contributed by atoms with Crippen molar-refractivity contribution in [2.45, 2.75) is 45.6 Å². The minimum atomic E-state index is 0.409. The molecule has 2 saturated heterocycles. The normalized spacial score (nSPS) is 34.5. The average Bonchev–Trinajstić information content (AvgIpc) is 2.78. The summed E-state index contributed by atoms with van der Waals surface area (Å²) in [6.07, 6.45) is 4.06. The van der Waals surface area contributed by atoms with Crippen molar-refractivity contribution in [2.75, 3.05) is 26.2 Å². The molecule has 0 bridgehead atoms. The number of hydrogen-bond donors (Lipinski definition) is 1. The first kappa shape index (κ1) is 10.4. The van der Waals surface area contributed by atoms with Crippen molar-refractivity contribution in [3.63, 3.8) is 0 Å². The van der Waals surface area contributed by atoms with Crippen LogP contribution in [0.15, 0.2) is 0 Å². The van der Waals surface area contributed by atoms with Crippen molar-refractivity contribution in [2.24, 2.45) is 5.41 Å². The summed E-state index contributed by atoms with van der Waals surface area (Å²) in [6.45, 7) is 12.2. The second-order valence-electron chi connectivity index (χ2n) is 5.76. The van der Waals surface area contributed by atoms with Gasteiger partial charge in [-0.2, -0.15) is 0 Å². The molecule has 1 N–H and O–H groups in total. The molecular formula is C12H24N2. The Balaban J connectivity index is 2.00. The molecule has 2 nitrogen and oxygen atoms in total. The Kier molecular flexibility index (Phi) is 2.61. The molecule has 0 aromatic rings. The van der Waals surface area contributed by atoms with E-state index in [9.17, 15) is 0 Å². The first-order valence-corrected chi connectivity index (χ1v) is 6.04. The number of hydrogen-bond acceptors (Lipinski definition) is 2. The molecule has 0 amide bonds. The van der Waals surface area contributed by atoms with Crippen LogP contribution < -0.4 is 5.32 Å². The first-order chi connectivity index (χ1) is 6.58. The van der Waals surface area contributed by atoms with Crippen molar-refractivity contribution in [3.8, 4) is 0 Å². The molecule has 0 saturated carbocycles. The molecule has 14 heavy (non-hydrogen) atoms. The Morgan fingerprint density at radius 2 is 2.14 bits per heavy atom. The molecule has 1 atom stereocenters. The fourth-order valence-electron chi connectivity index (χ4n) is 2.82. The van der Waals surface area contributed by atoms with E-state index in [0.717, 1.165) is 0 Å². The Morgan fingerprint density at radius 3 is 2.71 bits per heavy atom. The molecule has 0 aromatic heterocycles. The zero-order chi connectivity index (χ0) is 10.2. The van der Waals surface area contributed by atoms with Crippen molar-refractivity contribution < 1.29 is 0 Å². The van der Waals surface area contributed by atoms with E-state index < -0.39 is 0 Å². The lowest BCUT2D eigenvalue weighted by Gasteiger charge is -2.36. The maximum Gasteiger partial charge on any atom is 0.0150 e. The highest BCUT2D eigenvalue weighted by Gasteiger charge is 2.43. The van der Waals surface area contributed by atoms with Crippen LogP contribution in [-0.4, -0.2) is 36.6 Å². The van der Waals surface area contributed by atoms with E-state index in [1.54, 1.807) is 0 Å². The van der Waals surface area contributed by atoms with E-state index in [1.165, 1.54) is 45.4 Å². The Bertz CT molecular complexity index is 204. The number of likely N-dealkylation sites (tertiary alicyclic amines) is 1. The fourth-order valence-corrected chi connectivity index (χ4v) is 2.82. The molecule has 2 aliphatic heterocycles. The highest BCUT2D eigenvalue weighted by molar-refractivity contribution is 4.99. The van der Waals surface area contributed by atoms with Crippen LogP contribution >= 0.6 is 0 Å². The lowest BCUT2D eigenvalue weighted by molar-refractivity contribution is 0.131. The van der Waals surface area contributed by atoms with E-state index in [0.29, 0.717) is 11.0 Å². The molecule has 0 aromatic carbocycles. The molecule has 2 heterocycles. The number of nitrogens with one attached hydrogen (secondary N) is 1. The van der Waals surface area contributed by atoms with Crippen LogP contribution in [0, 0.1) is 5.41 Å². The van der Waals surface area contributed by atoms with Crippen LogP contribution in [0.1, 0.15) is 40.0 Å². The van der Waals surface area contributed by atoms with Gasteiger partial charge >= 0.3 is 0 Å². The summed E-state index contributed by atoms with van der Waals surface area (Å²) in [4.78, 5) is 2.69. The lowest BCUT2D eigenvalue weighted by atomic mass is 9.86. The molecule has 0 radical (unpaired) electrons. The van der Waals surface area contributed by atoms with Gasteiger partial charge in [-0.05, 0) is 51.6 Å². The smallest absolute Gasteiger partial charge is 0.0150 e. The Hall–Kier alpha value is -0.0800. The summed E-state index contributed by atoms with van der Waals surface area (Å²) in [6, 6.07) is 0. The number of rotatable bonds is 2. The summed E-state index contributed by atoms with van der Waals surface area (Å²) in [5.74, 6) is 0. The first-order valence-electron chi connectivity index (χ1n) is 6.04. The van der Waals surface area contributed by atoms with Gasteiger partial charge in [0.25, 0.3) is 0 Å². The van der Waals surface area contributed by atoms with Crippen molar-refractivity contribution in [1.82, 2.24) is 10.2 Å². The van der Waals surface area contributed by atoms with Gasteiger partial charge in [0.05, 0.1) is 0 Å². The molecule has 2 rings (SSSR count). The van der Waals surface area contributed by atoms with E-state index in [4.69, 9.17) is 0 Å². The molecule has 0 aliphatic carbocycles. The van der Waals surface area contributed by atoms with Gasteiger partial charge < -0.3 is 5.32 Å². The van der Waals surface area contributed by atoms with Crippen molar-refractivity contribution in [3.05, 3.63) is 0 Å². The van der Waals surface area contributed by atoms with Crippen LogP contribution in [0.4, 0.5) is 0 Å². The zero-order valence-electron chi connectivity index (χ0n) is 9.90. The van der Waals surface area contributed by atoms with Gasteiger partial charge in [0.15, 0.2) is 0 Å². The Morgan fingerprint density at radius 1 is 1.36 bits per heavy atom. The molecule has 1 unspecified atom stereocenters. The SMILES string of the molecule is CCC(C)(C)N1CCC2(CCNC2)C1. The van der Waals surface area contributed by atoms with Crippen molar-refractivity contribution in [1.29, 1.82) is 0 Å². The molecule has 2 aliphatic rings. The molecule has 2 fully saturated rings. The fraction of sp³-hybridized carbons (Fsp3) is 1.00. The minimum absolute atomic E-state index is 0.409. The monoisotopic (exact) mass is 196 g/mol. The second-order valence-corrected chi connectivity index (χ2v) is 5.76. The highest BCUT2D eigenvalue weighted by Crippen LogP contribution is 2.39. The average molecular weight is 196 g/mol. The van der Waals surface area contributed by atoms with Crippen LogP contribution in [0.2, 0.25) is 0 Å². The maximum atomic E-state index is 3.52. The zero-order valence-corrected chi connectivity index (χ0v) is 9.90. The quantitative estimate of drug-likeness (QED) is 0.725. The van der Waals surface area contributed by atoms with E-state index in [1.807, 2.05) is 0 Å². The maximum absolute atomic E-state index is 3.52. The molecule has 82 valence electrons. The van der Waals surface area contributed by atoms with Crippen LogP contribution in [0.3, 0.4) is 0 Å². The van der Waals surface area contributed by atoms with Gasteiger partial charge in [0.1, 0.15) is 0 Å². The predicted molar refractivity (Wildman–Crippen MR) is 60.5 cm³/mol. The Labute approximate surface area is 88.1 Å². The van der Waals surface area contributed by atoms with Gasteiger partial charge in [-0.3, -0.25) is 4.90 Å². The van der Waals surface area contributed by atoms with E-state index >= 15 is 0 Å². The van der Waals surface area contributed by atoms with Gasteiger partial charge in [-0.25, -0.2) is 0 Å². The van der Waals surface area contributed by atoms with Crippen LogP contribution in [-0.2, 0) is 0 Å². The second kappa shape index (κ2) is 3.49. The summed E-state index contributed by atoms with van der Waals surface area (Å²) in [7, 11) is 0. The van der Waals surface area contributed by atoms with Crippen LogP contribution in [0.25, 0.3) is 0 Å². The standard InChI is InChI=1S/C12H24N2/c1-4-11(2,3)14-8-6-12(10-14)5-7-13-9-12/h13H,4-10H2,1-3H3. The summed E-state index contributed by atoms with van der Waals surface area (Å²) in [5.41, 5.74) is 1.04. The molecule has 2 heteroatoms. The van der Waals surface area contributed by atoms with Gasteiger partial charge in [0, 0.05) is 18.6 Å². The van der Waals surface area contributed by atoms with Gasteiger partial charge in [-0.1, -0.05) is 6.92 Å². The van der Waals surface area contributed by atoms with Gasteiger partial charge in [-0.15, -0.1) is 0 Å². The molecular weight excluding hydrogens is 172 g/mol. The topological polar surface area (TPSA) is 15.3 Å². The number of nitrogens with zero attached hydrogens (tertiary/aromatic N) is 1. The summed E-state index contributed by atoms with van der Waals surface area (Å²) >= 11 is 0. The third-order valence-electron chi connectivity index (χ3n) is 4.49. The summed E-state index contributed by atoms with van der Waals surface area (Å²) < 4.78 is 0. The van der Waals surface area contributed by atoms with E-state index in [-0.39, 0.29) is 0 Å². The largest absolute Gasteiger partial charge is 0.316 e. The summed E-state index contributed by atoms with van der Waals surface area (Å²) in [5, 5.41) is 3.52. The predicted octanol–water partition coefficient (Wildman–Crippen LogP) is 1.86. The minimum Gasteiger partial charge on any atom is -0.316 e. The van der Waals surface area contributed by atoms with Crippen molar-refractivity contribution >= 4 is 0 Å². The molecule has 1 spiro atoms. The van der Waals surface area contributed by atoms with Gasteiger partial charge in [0.2, 0.25) is 0 Å². The third-order valence-corrected chi connectivity index (χ3v) is 4.49. The third kappa shape index (κ3) is 1.70. The van der Waals surface area contributed by atoms with Crippen LogP contribution in [0.5, 0.6) is 0 Å². The van der Waals surface area contributed by atoms with E-state index in [2.05, 4.69) is 31.0 Å². The lowest BCUT2D eigenvalue weighted by Crippen LogP contribution is -2.43.